The molecule has 1 aromatic rings. The van der Waals surface area contributed by atoms with Crippen molar-refractivity contribution in [2.75, 3.05) is 11.4 Å². The molecule has 20 heavy (non-hydrogen) atoms. The quantitative estimate of drug-likeness (QED) is 0.844. The largest absolute Gasteiger partial charge is 0.309 e. The molecule has 1 saturated heterocycles. The second-order valence-electron chi connectivity index (χ2n) is 5.55. The number of β-lactam (4-membered cyclic amide) rings is 1. The first kappa shape index (κ1) is 13.5. The van der Waals surface area contributed by atoms with Crippen LogP contribution in [0.4, 0.5) is 10.1 Å². The number of sulfonamides is 1. The van der Waals surface area contributed by atoms with Gasteiger partial charge in [-0.15, -0.1) is 0 Å². The SMILES string of the molecule is CC1(S(=O)(=O)N[C@H]2CN(c3ccc(F)cc3)C2=O)CC1. The molecule has 1 atom stereocenters. The molecule has 1 aliphatic heterocycles. The minimum absolute atomic E-state index is 0.278. The molecule has 0 bridgehead atoms. The van der Waals surface area contributed by atoms with Crippen LogP contribution in [0.15, 0.2) is 24.3 Å². The zero-order chi connectivity index (χ0) is 14.5. The smallest absolute Gasteiger partial charge is 0.247 e. The van der Waals surface area contributed by atoms with E-state index in [9.17, 15) is 17.6 Å². The van der Waals surface area contributed by atoms with Gasteiger partial charge in [-0.1, -0.05) is 0 Å². The maximum Gasteiger partial charge on any atom is 0.247 e. The van der Waals surface area contributed by atoms with Gasteiger partial charge in [0, 0.05) is 5.69 Å². The number of rotatable bonds is 4. The van der Waals surface area contributed by atoms with E-state index >= 15 is 0 Å². The number of nitrogens with one attached hydrogen (secondary N) is 1. The highest BCUT2D eigenvalue weighted by Crippen LogP contribution is 2.42. The minimum Gasteiger partial charge on any atom is -0.309 e. The van der Waals surface area contributed by atoms with Gasteiger partial charge in [0.05, 0.1) is 11.3 Å². The highest BCUT2D eigenvalue weighted by Gasteiger charge is 2.52. The van der Waals surface area contributed by atoms with Crippen LogP contribution in [0, 0.1) is 5.82 Å². The van der Waals surface area contributed by atoms with Gasteiger partial charge in [-0.25, -0.2) is 17.5 Å². The molecule has 1 saturated carbocycles. The van der Waals surface area contributed by atoms with E-state index in [1.165, 1.54) is 29.2 Å². The van der Waals surface area contributed by atoms with Gasteiger partial charge in [0.1, 0.15) is 11.9 Å². The van der Waals surface area contributed by atoms with Crippen LogP contribution in [0.3, 0.4) is 0 Å². The molecule has 2 aliphatic rings. The van der Waals surface area contributed by atoms with Crippen LogP contribution < -0.4 is 9.62 Å². The van der Waals surface area contributed by atoms with E-state index in [0.717, 1.165) is 0 Å². The third-order valence-electron chi connectivity index (χ3n) is 3.97. The number of carbonyl (C=O) groups is 1. The third-order valence-corrected chi connectivity index (χ3v) is 6.27. The van der Waals surface area contributed by atoms with Gasteiger partial charge < -0.3 is 4.90 Å². The van der Waals surface area contributed by atoms with E-state index in [4.69, 9.17) is 0 Å². The molecule has 1 amide bonds. The van der Waals surface area contributed by atoms with Crippen molar-refractivity contribution in [3.05, 3.63) is 30.1 Å². The fourth-order valence-corrected chi connectivity index (χ4v) is 3.62. The second-order valence-corrected chi connectivity index (χ2v) is 7.78. The van der Waals surface area contributed by atoms with Gasteiger partial charge >= 0.3 is 0 Å². The number of nitrogens with zero attached hydrogens (tertiary/aromatic N) is 1. The lowest BCUT2D eigenvalue weighted by atomic mass is 10.1. The average Bonchev–Trinajstić information content (AvgIpc) is 3.15. The van der Waals surface area contributed by atoms with Crippen LogP contribution in [0.1, 0.15) is 19.8 Å². The summed E-state index contributed by atoms with van der Waals surface area (Å²) in [7, 11) is -3.45. The zero-order valence-corrected chi connectivity index (χ0v) is 11.8. The van der Waals surface area contributed by atoms with E-state index in [0.29, 0.717) is 18.5 Å². The van der Waals surface area contributed by atoms with E-state index in [-0.39, 0.29) is 18.3 Å². The second kappa shape index (κ2) is 4.26. The van der Waals surface area contributed by atoms with E-state index in [2.05, 4.69) is 4.72 Å². The predicted octanol–water partition coefficient (Wildman–Crippen LogP) is 1.01. The molecule has 5 nitrogen and oxygen atoms in total. The molecular weight excluding hydrogens is 283 g/mol. The van der Waals surface area contributed by atoms with Gasteiger partial charge in [-0.3, -0.25) is 4.79 Å². The lowest BCUT2D eigenvalue weighted by Crippen LogP contribution is -2.65. The van der Waals surface area contributed by atoms with Crippen molar-refractivity contribution in [2.24, 2.45) is 0 Å². The lowest BCUT2D eigenvalue weighted by molar-refractivity contribution is -0.124. The van der Waals surface area contributed by atoms with Crippen molar-refractivity contribution < 1.29 is 17.6 Å². The number of hydrogen-bond acceptors (Lipinski definition) is 3. The molecule has 0 spiro atoms. The molecule has 2 fully saturated rings. The van der Waals surface area contributed by atoms with Gasteiger partial charge in [0.2, 0.25) is 15.9 Å². The van der Waals surface area contributed by atoms with Crippen molar-refractivity contribution in [2.45, 2.75) is 30.6 Å². The molecule has 3 rings (SSSR count). The lowest BCUT2D eigenvalue weighted by Gasteiger charge is -2.38. The highest BCUT2D eigenvalue weighted by molar-refractivity contribution is 7.91. The maximum atomic E-state index is 12.8. The molecule has 0 aromatic heterocycles. The Morgan fingerprint density at radius 3 is 2.40 bits per heavy atom. The topological polar surface area (TPSA) is 66.5 Å². The van der Waals surface area contributed by atoms with Crippen LogP contribution in [-0.2, 0) is 14.8 Å². The van der Waals surface area contributed by atoms with Crippen LogP contribution >= 0.6 is 0 Å². The zero-order valence-electron chi connectivity index (χ0n) is 11.0. The Morgan fingerprint density at radius 2 is 1.90 bits per heavy atom. The first-order valence-corrected chi connectivity index (χ1v) is 7.90. The first-order valence-electron chi connectivity index (χ1n) is 6.41. The normalized spacial score (nSPS) is 24.4. The molecule has 0 unspecified atom stereocenters. The van der Waals surface area contributed by atoms with Crippen LogP contribution in [-0.4, -0.2) is 31.7 Å². The number of benzene rings is 1. The summed E-state index contributed by atoms with van der Waals surface area (Å²) in [5, 5.41) is 0. The molecule has 1 N–H and O–H groups in total. The van der Waals surface area contributed by atoms with Gasteiger partial charge in [0.15, 0.2) is 0 Å². The van der Waals surface area contributed by atoms with Crippen molar-refractivity contribution in [3.8, 4) is 0 Å². The Labute approximate surface area is 116 Å². The monoisotopic (exact) mass is 298 g/mol. The van der Waals surface area contributed by atoms with Gasteiger partial charge in [-0.2, -0.15) is 0 Å². The Morgan fingerprint density at radius 1 is 1.30 bits per heavy atom. The van der Waals surface area contributed by atoms with Gasteiger partial charge in [-0.05, 0) is 44.0 Å². The molecular formula is C13H15FN2O3S. The summed E-state index contributed by atoms with van der Waals surface area (Å²) in [6.07, 6.45) is 1.26. The fraction of sp³-hybridized carbons (Fsp3) is 0.462. The molecule has 0 radical (unpaired) electrons. The summed E-state index contributed by atoms with van der Waals surface area (Å²) in [4.78, 5) is 13.4. The maximum absolute atomic E-state index is 12.8. The number of carbonyl (C=O) groups excluding carboxylic acids is 1. The molecule has 7 heteroatoms. The van der Waals surface area contributed by atoms with E-state index in [1.54, 1.807) is 6.92 Å². The fourth-order valence-electron chi connectivity index (χ4n) is 2.14. The Bertz CT molecular complexity index is 653. The predicted molar refractivity (Wildman–Crippen MR) is 72.2 cm³/mol. The van der Waals surface area contributed by atoms with Gasteiger partial charge in [0.25, 0.3) is 0 Å². The highest BCUT2D eigenvalue weighted by atomic mass is 32.2. The average molecular weight is 298 g/mol. The third kappa shape index (κ3) is 2.10. The molecule has 108 valence electrons. The van der Waals surface area contributed by atoms with Crippen molar-refractivity contribution in [1.29, 1.82) is 0 Å². The standard InChI is InChI=1S/C13H15FN2O3S/c1-13(6-7-13)20(18,19)15-11-8-16(12(11)17)10-4-2-9(14)3-5-10/h2-5,11,15H,6-8H2,1H3/t11-/m0/s1. The van der Waals surface area contributed by atoms with Crippen LogP contribution in [0.5, 0.6) is 0 Å². The van der Waals surface area contributed by atoms with Crippen molar-refractivity contribution >= 4 is 21.6 Å². The first-order chi connectivity index (χ1) is 9.32. The summed E-state index contributed by atoms with van der Waals surface area (Å²) in [5.41, 5.74) is 0.574. The van der Waals surface area contributed by atoms with Crippen molar-refractivity contribution in [3.63, 3.8) is 0 Å². The Hall–Kier alpha value is -1.47. The number of amides is 1. The summed E-state index contributed by atoms with van der Waals surface area (Å²) in [6.45, 7) is 1.95. The van der Waals surface area contributed by atoms with Crippen LogP contribution in [0.2, 0.25) is 0 Å². The summed E-state index contributed by atoms with van der Waals surface area (Å²) < 4.78 is 38.6. The van der Waals surface area contributed by atoms with E-state index < -0.39 is 20.8 Å². The summed E-state index contributed by atoms with van der Waals surface area (Å²) in [5.74, 6) is -0.676. The minimum atomic E-state index is -3.45. The van der Waals surface area contributed by atoms with Crippen molar-refractivity contribution in [1.82, 2.24) is 4.72 Å². The number of halogens is 1. The molecule has 1 heterocycles. The van der Waals surface area contributed by atoms with E-state index in [1.807, 2.05) is 0 Å². The Balaban J connectivity index is 1.67. The number of anilines is 1. The Kier molecular flexibility index (Phi) is 2.88. The summed E-state index contributed by atoms with van der Waals surface area (Å²) >= 11 is 0. The summed E-state index contributed by atoms with van der Waals surface area (Å²) in [6, 6.07) is 4.83. The van der Waals surface area contributed by atoms with Crippen LogP contribution in [0.25, 0.3) is 0 Å². The molecule has 1 aliphatic carbocycles. The number of hydrogen-bond donors (Lipinski definition) is 1. The molecule has 1 aromatic carbocycles.